The molecular weight excluding hydrogens is 355 g/mol. The van der Waals surface area contributed by atoms with Crippen LogP contribution in [0.3, 0.4) is 0 Å². The average molecular weight is 382 g/mol. The maximum atomic E-state index is 13.7. The van der Waals surface area contributed by atoms with Gasteiger partial charge in [-0.15, -0.1) is 0 Å². The number of fused-ring (bicyclic) bond motifs is 1. The van der Waals surface area contributed by atoms with E-state index in [0.717, 1.165) is 49.8 Å². The minimum absolute atomic E-state index is 0.0704. The van der Waals surface area contributed by atoms with Crippen LogP contribution in [0, 0.1) is 11.7 Å². The molecule has 0 heterocycles. The van der Waals surface area contributed by atoms with Gasteiger partial charge >= 0.3 is 0 Å². The fourth-order valence-corrected chi connectivity index (χ4v) is 4.42. The summed E-state index contributed by atoms with van der Waals surface area (Å²) in [5.74, 6) is 0.596. The highest BCUT2D eigenvalue weighted by Gasteiger charge is 2.24. The second kappa shape index (κ2) is 8.21. The predicted molar refractivity (Wildman–Crippen MR) is 109 cm³/mol. The Morgan fingerprint density at radius 3 is 2.68 bits per heavy atom. The molecule has 0 aliphatic heterocycles. The number of carbonyl (C=O) groups excluding carboxylic acids is 1. The van der Waals surface area contributed by atoms with Gasteiger partial charge in [0.05, 0.1) is 18.8 Å². The minimum Gasteiger partial charge on any atom is -0.495 e. The smallest absolute Gasteiger partial charge is 0.227 e. The van der Waals surface area contributed by atoms with Crippen molar-refractivity contribution in [2.24, 2.45) is 5.92 Å². The van der Waals surface area contributed by atoms with E-state index in [2.05, 4.69) is 10.6 Å². The normalized spacial score (nSPS) is 19.1. The molecule has 1 fully saturated rings. The molecule has 2 aliphatic rings. The van der Waals surface area contributed by atoms with Gasteiger partial charge in [-0.05, 0) is 67.1 Å². The largest absolute Gasteiger partial charge is 0.495 e. The lowest BCUT2D eigenvalue weighted by Crippen LogP contribution is -2.25. The van der Waals surface area contributed by atoms with E-state index in [4.69, 9.17) is 4.74 Å². The van der Waals surface area contributed by atoms with E-state index in [1.54, 1.807) is 13.2 Å². The summed E-state index contributed by atoms with van der Waals surface area (Å²) in [6.07, 6.45) is 7.23. The number of nitrogens with one attached hydrogen (secondary N) is 2. The van der Waals surface area contributed by atoms with Crippen LogP contribution in [0.25, 0.3) is 0 Å². The lowest BCUT2D eigenvalue weighted by molar-refractivity contribution is -0.120. The Morgan fingerprint density at radius 2 is 1.89 bits per heavy atom. The molecule has 2 aromatic carbocycles. The van der Waals surface area contributed by atoms with Crippen molar-refractivity contribution in [3.05, 3.63) is 53.3 Å². The van der Waals surface area contributed by atoms with E-state index < -0.39 is 0 Å². The third-order valence-corrected chi connectivity index (χ3v) is 5.96. The number of amides is 1. The number of anilines is 2. The van der Waals surface area contributed by atoms with Crippen LogP contribution in [-0.4, -0.2) is 13.0 Å². The molecule has 0 radical (unpaired) electrons. The topological polar surface area (TPSA) is 50.4 Å². The van der Waals surface area contributed by atoms with Crippen molar-refractivity contribution >= 4 is 17.3 Å². The summed E-state index contributed by atoms with van der Waals surface area (Å²) in [4.78, 5) is 12.7. The van der Waals surface area contributed by atoms with Crippen molar-refractivity contribution < 1.29 is 13.9 Å². The minimum atomic E-state index is -0.206. The molecule has 2 N–H and O–H groups in total. The Kier molecular flexibility index (Phi) is 5.51. The van der Waals surface area contributed by atoms with Gasteiger partial charge in [0.2, 0.25) is 5.91 Å². The highest BCUT2D eigenvalue weighted by Crippen LogP contribution is 2.36. The maximum absolute atomic E-state index is 13.7. The summed E-state index contributed by atoms with van der Waals surface area (Å²) in [6, 6.07) is 10.8. The van der Waals surface area contributed by atoms with Crippen molar-refractivity contribution in [2.45, 2.75) is 51.0 Å². The molecule has 148 valence electrons. The van der Waals surface area contributed by atoms with Gasteiger partial charge in [0, 0.05) is 11.6 Å². The van der Waals surface area contributed by atoms with Crippen LogP contribution in [0.2, 0.25) is 0 Å². The molecule has 4 nitrogen and oxygen atoms in total. The third-order valence-electron chi connectivity index (χ3n) is 5.96. The molecule has 1 saturated carbocycles. The van der Waals surface area contributed by atoms with Crippen molar-refractivity contribution in [2.75, 3.05) is 17.7 Å². The maximum Gasteiger partial charge on any atom is 0.227 e. The molecule has 0 spiro atoms. The first kappa shape index (κ1) is 18.8. The van der Waals surface area contributed by atoms with Gasteiger partial charge in [0.15, 0.2) is 0 Å². The van der Waals surface area contributed by atoms with Gasteiger partial charge in [0.1, 0.15) is 11.6 Å². The SMILES string of the molecule is COc1ccc(NC2CCc3ccc(F)cc32)cc1NC(=O)C1CCCCC1. The Balaban J connectivity index is 1.51. The van der Waals surface area contributed by atoms with Crippen LogP contribution < -0.4 is 15.4 Å². The highest BCUT2D eigenvalue weighted by molar-refractivity contribution is 5.94. The van der Waals surface area contributed by atoms with Gasteiger partial charge in [0.25, 0.3) is 0 Å². The van der Waals surface area contributed by atoms with Crippen LogP contribution in [0.5, 0.6) is 5.75 Å². The van der Waals surface area contributed by atoms with Crippen molar-refractivity contribution in [3.63, 3.8) is 0 Å². The molecule has 1 atom stereocenters. The van der Waals surface area contributed by atoms with Crippen molar-refractivity contribution in [1.82, 2.24) is 0 Å². The van der Waals surface area contributed by atoms with Gasteiger partial charge in [-0.25, -0.2) is 4.39 Å². The number of carbonyl (C=O) groups is 1. The summed E-state index contributed by atoms with van der Waals surface area (Å²) < 4.78 is 19.1. The molecular formula is C23H27FN2O2. The molecule has 1 amide bonds. The van der Waals surface area contributed by atoms with Gasteiger partial charge in [-0.1, -0.05) is 25.3 Å². The molecule has 0 bridgehead atoms. The number of rotatable bonds is 5. The number of aryl methyl sites for hydroxylation is 1. The van der Waals surface area contributed by atoms with Gasteiger partial charge in [-0.3, -0.25) is 4.79 Å². The first-order valence-corrected chi connectivity index (χ1v) is 10.2. The van der Waals surface area contributed by atoms with Crippen molar-refractivity contribution in [1.29, 1.82) is 0 Å². The number of halogens is 1. The quantitative estimate of drug-likeness (QED) is 0.723. The zero-order valence-corrected chi connectivity index (χ0v) is 16.3. The molecule has 2 aliphatic carbocycles. The number of hydrogen-bond donors (Lipinski definition) is 2. The molecule has 0 saturated heterocycles. The lowest BCUT2D eigenvalue weighted by atomic mass is 9.88. The molecule has 5 heteroatoms. The first-order valence-electron chi connectivity index (χ1n) is 10.2. The van der Waals surface area contributed by atoms with Crippen LogP contribution in [-0.2, 0) is 11.2 Å². The van der Waals surface area contributed by atoms with E-state index >= 15 is 0 Å². The zero-order valence-electron chi connectivity index (χ0n) is 16.3. The number of hydrogen-bond acceptors (Lipinski definition) is 3. The highest BCUT2D eigenvalue weighted by atomic mass is 19.1. The van der Waals surface area contributed by atoms with Crippen LogP contribution in [0.15, 0.2) is 36.4 Å². The van der Waals surface area contributed by atoms with Crippen LogP contribution in [0.1, 0.15) is 55.7 Å². The fourth-order valence-electron chi connectivity index (χ4n) is 4.42. The number of benzene rings is 2. The molecule has 28 heavy (non-hydrogen) atoms. The molecule has 0 aromatic heterocycles. The van der Waals surface area contributed by atoms with Crippen LogP contribution in [0.4, 0.5) is 15.8 Å². The second-order valence-electron chi connectivity index (χ2n) is 7.82. The third kappa shape index (κ3) is 3.98. The number of ether oxygens (including phenoxy) is 1. The van der Waals surface area contributed by atoms with Crippen LogP contribution >= 0.6 is 0 Å². The summed E-state index contributed by atoms with van der Waals surface area (Å²) in [7, 11) is 1.61. The van der Waals surface area contributed by atoms with Gasteiger partial charge < -0.3 is 15.4 Å². The average Bonchev–Trinajstić information content (AvgIpc) is 3.11. The summed E-state index contributed by atoms with van der Waals surface area (Å²) in [5, 5.41) is 6.56. The standard InChI is InChI=1S/C23H27FN2O2/c1-28-22-12-10-18(14-21(22)26-23(27)16-5-3-2-4-6-16)25-20-11-8-15-7-9-17(24)13-19(15)20/h7,9-10,12-14,16,20,25H,2-6,8,11H2,1H3,(H,26,27). The second-order valence-corrected chi connectivity index (χ2v) is 7.82. The summed E-state index contributed by atoms with van der Waals surface area (Å²) in [5.41, 5.74) is 3.78. The first-order chi connectivity index (χ1) is 13.6. The molecule has 1 unspecified atom stereocenters. The Labute approximate surface area is 165 Å². The zero-order chi connectivity index (χ0) is 19.5. The Morgan fingerprint density at radius 1 is 1.07 bits per heavy atom. The Bertz CT molecular complexity index is 862. The van der Waals surface area contributed by atoms with E-state index in [1.807, 2.05) is 24.3 Å². The lowest BCUT2D eigenvalue weighted by Gasteiger charge is -2.22. The van der Waals surface area contributed by atoms with E-state index in [0.29, 0.717) is 11.4 Å². The number of methoxy groups -OCH3 is 1. The van der Waals surface area contributed by atoms with E-state index in [-0.39, 0.29) is 23.7 Å². The molecule has 2 aromatic rings. The monoisotopic (exact) mass is 382 g/mol. The van der Waals surface area contributed by atoms with E-state index in [1.165, 1.54) is 18.1 Å². The summed E-state index contributed by atoms with van der Waals surface area (Å²) in [6.45, 7) is 0. The van der Waals surface area contributed by atoms with Gasteiger partial charge in [-0.2, -0.15) is 0 Å². The predicted octanol–water partition coefficient (Wildman–Crippen LogP) is 5.45. The molecule has 4 rings (SSSR count). The summed E-state index contributed by atoms with van der Waals surface area (Å²) >= 11 is 0. The Hall–Kier alpha value is -2.56. The van der Waals surface area contributed by atoms with E-state index in [9.17, 15) is 9.18 Å². The van der Waals surface area contributed by atoms with Crippen molar-refractivity contribution in [3.8, 4) is 5.75 Å². The fraction of sp³-hybridized carbons (Fsp3) is 0.435.